The van der Waals surface area contributed by atoms with Crippen LogP contribution in [0.3, 0.4) is 0 Å². The first kappa shape index (κ1) is 33.4. The molecule has 0 radical (unpaired) electrons. The average molecular weight is 708 g/mol. The Bertz CT molecular complexity index is 2320. The third-order valence-electron chi connectivity index (χ3n) is 9.10. The number of fused-ring (bicyclic) bond motifs is 3. The zero-order chi connectivity index (χ0) is 36.4. The predicted molar refractivity (Wildman–Crippen MR) is 185 cm³/mol. The number of nitrogens with one attached hydrogen (secondary N) is 2. The van der Waals surface area contributed by atoms with Crippen LogP contribution in [0, 0.1) is 0 Å². The molecule has 0 bridgehead atoms. The highest BCUT2D eigenvalue weighted by Crippen LogP contribution is 2.51. The summed E-state index contributed by atoms with van der Waals surface area (Å²) >= 11 is 1.27. The number of carboxylic acids is 2. The summed E-state index contributed by atoms with van der Waals surface area (Å²) in [5, 5.41) is 35.3. The summed E-state index contributed by atoms with van der Waals surface area (Å²) in [6.45, 7) is 3.44. The zero-order valence-corrected chi connectivity index (χ0v) is 27.8. The number of hydrogen-bond acceptors (Lipinski definition) is 9. The van der Waals surface area contributed by atoms with E-state index >= 15 is 0 Å². The van der Waals surface area contributed by atoms with E-state index in [1.165, 1.54) is 71.3 Å². The highest BCUT2D eigenvalue weighted by molar-refractivity contribution is 8.01. The Hall–Kier alpha value is -6.15. The van der Waals surface area contributed by atoms with Gasteiger partial charge in [0.05, 0.1) is 5.56 Å². The van der Waals surface area contributed by atoms with Gasteiger partial charge in [0, 0.05) is 39.0 Å². The molecule has 4 atom stereocenters. The van der Waals surface area contributed by atoms with E-state index in [9.17, 15) is 44.1 Å². The largest absolute Gasteiger partial charge is 0.508 e. The zero-order valence-electron chi connectivity index (χ0n) is 26.9. The number of β-lactam (4-membered cyclic amide) rings is 1. The Morgan fingerprint density at radius 1 is 0.902 bits per heavy atom. The van der Waals surface area contributed by atoms with Gasteiger partial charge in [-0.05, 0) is 67.4 Å². The van der Waals surface area contributed by atoms with E-state index in [-0.39, 0.29) is 39.2 Å². The Morgan fingerprint density at radius 3 is 2.35 bits per heavy atom. The van der Waals surface area contributed by atoms with Gasteiger partial charge in [-0.1, -0.05) is 30.3 Å². The van der Waals surface area contributed by atoms with Crippen molar-refractivity contribution in [1.29, 1.82) is 0 Å². The van der Waals surface area contributed by atoms with Crippen LogP contribution in [-0.4, -0.2) is 72.1 Å². The van der Waals surface area contributed by atoms with E-state index in [4.69, 9.17) is 4.42 Å². The van der Waals surface area contributed by atoms with Gasteiger partial charge in [-0.25, -0.2) is 9.59 Å². The second-order valence-corrected chi connectivity index (χ2v) is 14.6. The van der Waals surface area contributed by atoms with Crippen LogP contribution in [0.4, 0.5) is 0 Å². The Labute approximate surface area is 293 Å². The number of thioether (sulfide) groups is 1. The second kappa shape index (κ2) is 12.3. The van der Waals surface area contributed by atoms with Crippen LogP contribution in [0.1, 0.15) is 46.2 Å². The number of rotatable bonds is 8. The molecule has 3 amide bonds. The molecular weight excluding hydrogens is 678 g/mol. The van der Waals surface area contributed by atoms with Crippen LogP contribution in [0.15, 0.2) is 94.1 Å². The monoisotopic (exact) mass is 707 g/mol. The number of aromatic hydroxyl groups is 1. The van der Waals surface area contributed by atoms with Gasteiger partial charge in [-0.15, -0.1) is 11.8 Å². The molecule has 3 heterocycles. The molecule has 13 nitrogen and oxygen atoms in total. The van der Waals surface area contributed by atoms with Gasteiger partial charge in [-0.3, -0.25) is 19.2 Å². The van der Waals surface area contributed by atoms with Gasteiger partial charge in [0.15, 0.2) is 5.43 Å². The van der Waals surface area contributed by atoms with Crippen LogP contribution < -0.4 is 16.1 Å². The number of carbonyl (C=O) groups excluding carboxylic acids is 3. The number of amides is 3. The van der Waals surface area contributed by atoms with Crippen molar-refractivity contribution >= 4 is 52.4 Å². The average Bonchev–Trinajstić information content (AvgIpc) is 3.35. The molecule has 2 saturated heterocycles. The number of aromatic carboxylic acids is 1. The summed E-state index contributed by atoms with van der Waals surface area (Å²) < 4.78 is 5.09. The van der Waals surface area contributed by atoms with Gasteiger partial charge < -0.3 is 35.3 Å². The van der Waals surface area contributed by atoms with E-state index < -0.39 is 57.9 Å². The molecule has 5 N–H and O–H groups in total. The fourth-order valence-corrected chi connectivity index (χ4v) is 8.40. The highest BCUT2D eigenvalue weighted by atomic mass is 32.2. The molecule has 0 saturated carbocycles. The molecule has 0 aromatic heterocycles. The molecule has 51 heavy (non-hydrogen) atoms. The maximum Gasteiger partial charge on any atom is 0.336 e. The third kappa shape index (κ3) is 5.72. The fourth-order valence-electron chi connectivity index (χ4n) is 6.77. The summed E-state index contributed by atoms with van der Waals surface area (Å²) in [6, 6.07) is 17.1. The smallest absolute Gasteiger partial charge is 0.336 e. The molecule has 7 rings (SSSR count). The standard InChI is InChI=1S/C37H29N3O10S/c1-37(2)30(36(48)49)40-33(45)29(34(40)51-37)39-32(44)28(17-6-4-3-5-7-17)38-31(43)18-8-11-21(35(46)47)24(14-18)27-22-12-9-19(41)15-25(22)50-26-16-20(42)10-13-23(26)27/h3-16,28-30,34,41H,1-2H3,(H,38,43)(H,39,44)(H,46,47)(H,48,49)/t28-,29-,30+,34-/m1/s1. The van der Waals surface area contributed by atoms with Crippen molar-refractivity contribution in [2.75, 3.05) is 0 Å². The topological polar surface area (TPSA) is 204 Å². The minimum Gasteiger partial charge on any atom is -0.508 e. The minimum absolute atomic E-state index is 0.00617. The van der Waals surface area contributed by atoms with E-state index in [1.807, 2.05) is 0 Å². The number of carbonyl (C=O) groups is 5. The molecule has 0 spiro atoms. The van der Waals surface area contributed by atoms with Crippen LogP contribution in [0.2, 0.25) is 0 Å². The van der Waals surface area contributed by atoms with E-state index in [2.05, 4.69) is 10.6 Å². The molecule has 14 heteroatoms. The number of carboxylic acid groups (broad SMARTS) is 2. The van der Waals surface area contributed by atoms with Crippen LogP contribution >= 0.6 is 11.8 Å². The fraction of sp³-hybridized carbons (Fsp3) is 0.189. The summed E-state index contributed by atoms with van der Waals surface area (Å²) in [7, 11) is 0. The lowest BCUT2D eigenvalue weighted by Gasteiger charge is -2.44. The number of phenols is 1. The van der Waals surface area contributed by atoms with Crippen LogP contribution in [0.25, 0.3) is 33.4 Å². The Morgan fingerprint density at radius 2 is 1.65 bits per heavy atom. The van der Waals surface area contributed by atoms with E-state index in [0.29, 0.717) is 22.1 Å². The predicted octanol–water partition coefficient (Wildman–Crippen LogP) is 4.07. The van der Waals surface area contributed by atoms with Gasteiger partial charge in [0.2, 0.25) is 11.8 Å². The molecule has 3 aromatic carbocycles. The maximum atomic E-state index is 14.0. The molecule has 4 aliphatic rings. The molecule has 3 aromatic rings. The molecule has 258 valence electrons. The highest BCUT2D eigenvalue weighted by Gasteiger charge is 2.64. The third-order valence-corrected chi connectivity index (χ3v) is 10.7. The van der Waals surface area contributed by atoms with Crippen molar-refractivity contribution in [3.05, 3.63) is 112 Å². The first-order valence-corrected chi connectivity index (χ1v) is 16.6. The van der Waals surface area contributed by atoms with Crippen molar-refractivity contribution in [2.24, 2.45) is 0 Å². The maximum absolute atomic E-state index is 14.0. The molecule has 0 unspecified atom stereocenters. The minimum atomic E-state index is -1.30. The first-order valence-electron chi connectivity index (χ1n) is 15.7. The first-order chi connectivity index (χ1) is 24.2. The molecular formula is C37H29N3O10S. The van der Waals surface area contributed by atoms with Crippen LogP contribution in [-0.2, 0) is 14.4 Å². The number of aliphatic carboxylic acids is 1. The van der Waals surface area contributed by atoms with Gasteiger partial charge >= 0.3 is 11.9 Å². The SMILES string of the molecule is CC1(C)S[C@@H]2[C@H](NC(=O)[C@H](NC(=O)c3ccc(C(=O)O)c(-c4c5ccc(=O)cc-5oc5cc(O)ccc45)c3)c3ccccc3)C(=O)N2[C@H]1C(=O)O. The molecule has 3 aliphatic heterocycles. The lowest BCUT2D eigenvalue weighted by molar-refractivity contribution is -0.161. The summed E-state index contributed by atoms with van der Waals surface area (Å²) in [4.78, 5) is 78.9. The molecule has 2 fully saturated rings. The van der Waals surface area contributed by atoms with Crippen molar-refractivity contribution in [3.63, 3.8) is 0 Å². The van der Waals surface area contributed by atoms with E-state index in [0.717, 1.165) is 0 Å². The van der Waals surface area contributed by atoms with E-state index in [1.54, 1.807) is 44.2 Å². The Balaban J connectivity index is 1.25. The lowest BCUT2D eigenvalue weighted by atomic mass is 9.89. The van der Waals surface area contributed by atoms with Crippen molar-refractivity contribution in [3.8, 4) is 28.2 Å². The Kier molecular flexibility index (Phi) is 8.05. The van der Waals surface area contributed by atoms with Crippen LogP contribution in [0.5, 0.6) is 5.75 Å². The lowest BCUT2D eigenvalue weighted by Crippen LogP contribution is -2.71. The van der Waals surface area contributed by atoms with Gasteiger partial charge in [0.25, 0.3) is 5.91 Å². The quantitative estimate of drug-likeness (QED) is 0.115. The van der Waals surface area contributed by atoms with Crippen molar-refractivity contribution in [2.45, 2.75) is 42.1 Å². The summed E-state index contributed by atoms with van der Waals surface area (Å²) in [5.41, 5.74) is 0.855. The molecule has 1 aliphatic carbocycles. The number of phenolic OH excluding ortho intramolecular Hbond substituents is 1. The normalized spacial score (nSPS) is 19.6. The number of nitrogens with zero attached hydrogens (tertiary/aromatic N) is 1. The van der Waals surface area contributed by atoms with Crippen molar-refractivity contribution < 1.29 is 43.7 Å². The number of hydrogen-bond donors (Lipinski definition) is 5. The van der Waals surface area contributed by atoms with Gasteiger partial charge in [0.1, 0.15) is 40.6 Å². The van der Waals surface area contributed by atoms with Gasteiger partial charge in [-0.2, -0.15) is 0 Å². The second-order valence-electron chi connectivity index (χ2n) is 12.8. The van der Waals surface area contributed by atoms with Crippen molar-refractivity contribution in [1.82, 2.24) is 15.5 Å². The summed E-state index contributed by atoms with van der Waals surface area (Å²) in [5.74, 6) is -4.42. The summed E-state index contributed by atoms with van der Waals surface area (Å²) in [6.07, 6.45) is 0. The number of benzene rings is 4.